The smallest absolute Gasteiger partial charge is 0.0781 e. The second-order valence-electron chi connectivity index (χ2n) is 8.88. The highest BCUT2D eigenvalue weighted by atomic mass is 28.3. The molecule has 0 aromatic heterocycles. The van der Waals surface area contributed by atoms with E-state index in [1.807, 2.05) is 0 Å². The molecule has 0 saturated carbocycles. The third-order valence-electron chi connectivity index (χ3n) is 6.69. The fourth-order valence-electron chi connectivity index (χ4n) is 5.34. The number of benzene rings is 4. The highest BCUT2D eigenvalue weighted by Gasteiger charge is 2.47. The van der Waals surface area contributed by atoms with Crippen molar-refractivity contribution in [3.63, 3.8) is 0 Å². The quantitative estimate of drug-likeness (QED) is 0.307. The van der Waals surface area contributed by atoms with Crippen molar-refractivity contribution in [1.82, 2.24) is 0 Å². The Hall–Kier alpha value is -3.16. The van der Waals surface area contributed by atoms with E-state index in [0.29, 0.717) is 5.54 Å². The minimum absolute atomic E-state index is 0.356. The van der Waals surface area contributed by atoms with Gasteiger partial charge in [0.25, 0.3) is 0 Å². The highest BCUT2D eigenvalue weighted by Crippen LogP contribution is 2.37. The predicted octanol–water partition coefficient (Wildman–Crippen LogP) is 5.43. The molecule has 31 heavy (non-hydrogen) atoms. The summed E-state index contributed by atoms with van der Waals surface area (Å²) in [7, 11) is -2.42. The van der Waals surface area contributed by atoms with Crippen LogP contribution in [0.5, 0.6) is 0 Å². The molecule has 0 amide bonds. The summed E-state index contributed by atoms with van der Waals surface area (Å²) in [6.45, 7) is 6.65. The number of rotatable bonds is 4. The summed E-state index contributed by atoms with van der Waals surface area (Å²) in [4.78, 5) is 0. The van der Waals surface area contributed by atoms with E-state index in [1.54, 1.807) is 0 Å². The van der Waals surface area contributed by atoms with Gasteiger partial charge in [-0.25, -0.2) is 0 Å². The first-order valence-electron chi connectivity index (χ1n) is 11.1. The molecule has 1 heteroatoms. The average molecular weight is 417 g/mol. The van der Waals surface area contributed by atoms with Gasteiger partial charge in [0.05, 0.1) is 0 Å². The van der Waals surface area contributed by atoms with Crippen LogP contribution in [0.25, 0.3) is 6.08 Å². The van der Waals surface area contributed by atoms with Gasteiger partial charge in [0, 0.05) is 5.54 Å². The molecule has 0 nitrogen and oxygen atoms in total. The summed E-state index contributed by atoms with van der Waals surface area (Å²) >= 11 is 0. The maximum Gasteiger partial charge on any atom is 0.159 e. The third kappa shape index (κ3) is 3.30. The molecular weight excluding hydrogens is 388 g/mol. The van der Waals surface area contributed by atoms with Crippen molar-refractivity contribution in [1.29, 1.82) is 0 Å². The van der Waals surface area contributed by atoms with Gasteiger partial charge in [-0.1, -0.05) is 126 Å². The van der Waals surface area contributed by atoms with E-state index in [9.17, 15) is 0 Å². The van der Waals surface area contributed by atoms with Crippen LogP contribution < -0.4 is 15.6 Å². The van der Waals surface area contributed by atoms with E-state index in [4.69, 9.17) is 0 Å². The van der Waals surface area contributed by atoms with Crippen LogP contribution in [0.2, 0.25) is 0 Å². The maximum absolute atomic E-state index is 2.48. The van der Waals surface area contributed by atoms with Crippen molar-refractivity contribution in [2.75, 3.05) is 0 Å². The fourth-order valence-corrected chi connectivity index (χ4v) is 11.0. The molecule has 0 fully saturated rings. The fraction of sp³-hybridized carbons (Fsp3) is 0.133. The Morgan fingerprint density at radius 2 is 1.03 bits per heavy atom. The van der Waals surface area contributed by atoms with E-state index < -0.39 is 8.07 Å². The van der Waals surface area contributed by atoms with Crippen molar-refractivity contribution in [2.45, 2.75) is 26.3 Å². The van der Waals surface area contributed by atoms with Gasteiger partial charge in [0.1, 0.15) is 0 Å². The zero-order valence-corrected chi connectivity index (χ0v) is 19.5. The van der Waals surface area contributed by atoms with E-state index in [-0.39, 0.29) is 0 Å². The maximum atomic E-state index is 2.48. The first-order valence-corrected chi connectivity index (χ1v) is 13.2. The normalized spacial score (nSPS) is 15.1. The standard InChI is InChI=1S/C30H28Si/c1-22-9-6-13-26(19-22)31(27-14-7-10-23(2)20-27,28-15-8-11-24(3)21-28)30-18-17-25-12-4-5-16-29(25)30/h4-21,30H,1-3H3. The van der Waals surface area contributed by atoms with Crippen LogP contribution in [0.15, 0.2) is 103 Å². The van der Waals surface area contributed by atoms with E-state index in [0.717, 1.165) is 0 Å². The lowest BCUT2D eigenvalue weighted by atomic mass is 10.1. The Morgan fingerprint density at radius 1 is 0.548 bits per heavy atom. The molecule has 0 radical (unpaired) electrons. The van der Waals surface area contributed by atoms with Crippen molar-refractivity contribution in [2.24, 2.45) is 0 Å². The lowest BCUT2D eigenvalue weighted by Crippen LogP contribution is -2.70. The highest BCUT2D eigenvalue weighted by molar-refractivity contribution is 7.12. The zero-order valence-electron chi connectivity index (χ0n) is 18.5. The van der Waals surface area contributed by atoms with E-state index >= 15 is 0 Å². The minimum Gasteiger partial charge on any atom is -0.0781 e. The van der Waals surface area contributed by atoms with Crippen molar-refractivity contribution < 1.29 is 0 Å². The Morgan fingerprint density at radius 3 is 1.52 bits per heavy atom. The molecular formula is C30H28Si. The Labute approximate surface area is 186 Å². The van der Waals surface area contributed by atoms with Gasteiger partial charge in [0.15, 0.2) is 8.07 Å². The van der Waals surface area contributed by atoms with Crippen LogP contribution in [0, 0.1) is 20.8 Å². The van der Waals surface area contributed by atoms with Gasteiger partial charge in [-0.15, -0.1) is 0 Å². The first-order chi connectivity index (χ1) is 15.1. The number of allylic oxidation sites excluding steroid dienone is 1. The van der Waals surface area contributed by atoms with E-state index in [1.165, 1.54) is 43.4 Å². The molecule has 0 heterocycles. The minimum atomic E-state index is -2.42. The van der Waals surface area contributed by atoms with Gasteiger partial charge in [-0.3, -0.25) is 0 Å². The second-order valence-corrected chi connectivity index (χ2v) is 12.9. The number of hydrogen-bond donors (Lipinski definition) is 0. The van der Waals surface area contributed by atoms with Crippen molar-refractivity contribution in [3.8, 4) is 0 Å². The largest absolute Gasteiger partial charge is 0.159 e. The van der Waals surface area contributed by atoms with Gasteiger partial charge in [-0.05, 0) is 47.5 Å². The van der Waals surface area contributed by atoms with Gasteiger partial charge in [0.2, 0.25) is 0 Å². The summed E-state index contributed by atoms with van der Waals surface area (Å²) in [6.07, 6.45) is 4.81. The number of aryl methyl sites for hydroxylation is 3. The van der Waals surface area contributed by atoms with Crippen LogP contribution >= 0.6 is 0 Å². The summed E-state index contributed by atoms with van der Waals surface area (Å²) < 4.78 is 0. The lowest BCUT2D eigenvalue weighted by molar-refractivity contribution is 1.19. The van der Waals surface area contributed by atoms with Crippen LogP contribution in [0.1, 0.15) is 33.4 Å². The molecule has 1 unspecified atom stereocenters. The summed E-state index contributed by atoms with van der Waals surface area (Å²) in [5, 5.41) is 4.44. The number of fused-ring (bicyclic) bond motifs is 1. The monoisotopic (exact) mass is 416 g/mol. The van der Waals surface area contributed by atoms with Crippen LogP contribution in [0.4, 0.5) is 0 Å². The van der Waals surface area contributed by atoms with Crippen molar-refractivity contribution in [3.05, 3.63) is 131 Å². The Balaban J connectivity index is 1.92. The average Bonchev–Trinajstić information content (AvgIpc) is 3.19. The molecule has 1 aliphatic rings. The summed E-state index contributed by atoms with van der Waals surface area (Å²) in [5.74, 6) is 0. The first kappa shape index (κ1) is 19.8. The molecule has 152 valence electrons. The summed E-state index contributed by atoms with van der Waals surface area (Å²) in [5.41, 5.74) is 7.14. The third-order valence-corrected chi connectivity index (χ3v) is 11.8. The van der Waals surface area contributed by atoms with Crippen molar-refractivity contribution >= 4 is 29.7 Å². The molecule has 5 rings (SSSR count). The molecule has 1 aliphatic carbocycles. The molecule has 0 saturated heterocycles. The molecule has 4 aromatic carbocycles. The van der Waals surface area contributed by atoms with Gasteiger partial charge < -0.3 is 0 Å². The topological polar surface area (TPSA) is 0 Å². The van der Waals surface area contributed by atoms with Crippen LogP contribution in [-0.4, -0.2) is 8.07 Å². The molecule has 0 bridgehead atoms. The Kier molecular flexibility index (Phi) is 5.00. The number of hydrogen-bond acceptors (Lipinski definition) is 0. The molecule has 4 aromatic rings. The van der Waals surface area contributed by atoms with Gasteiger partial charge in [-0.2, -0.15) is 0 Å². The Bertz CT molecular complexity index is 1170. The van der Waals surface area contributed by atoms with Gasteiger partial charge >= 0.3 is 0 Å². The molecule has 0 N–H and O–H groups in total. The summed E-state index contributed by atoms with van der Waals surface area (Å²) in [6, 6.07) is 36.7. The van der Waals surface area contributed by atoms with E-state index in [2.05, 4.69) is 130 Å². The second kappa shape index (κ2) is 7.83. The molecule has 1 atom stereocenters. The van der Waals surface area contributed by atoms with Crippen LogP contribution in [-0.2, 0) is 0 Å². The molecule has 0 aliphatic heterocycles. The SMILES string of the molecule is Cc1cccc([Si](c2cccc(C)c2)(c2cccc(C)c2)C2C=Cc3ccccc32)c1. The van der Waals surface area contributed by atoms with Crippen LogP contribution in [0.3, 0.4) is 0 Å². The lowest BCUT2D eigenvalue weighted by Gasteiger charge is -2.39. The molecule has 0 spiro atoms. The predicted molar refractivity (Wildman–Crippen MR) is 136 cm³/mol. The zero-order chi connectivity index (χ0) is 21.4.